The maximum absolute atomic E-state index is 5.39. The normalized spacial score (nSPS) is 10.3. The van der Waals surface area contributed by atoms with E-state index in [2.05, 4.69) is 13.0 Å². The van der Waals surface area contributed by atoms with Crippen LogP contribution in [-0.4, -0.2) is 7.11 Å². The molecular weight excluding hydrogens is 188 g/mol. The lowest BCUT2D eigenvalue weighted by Crippen LogP contribution is -1.90. The van der Waals surface area contributed by atoms with Gasteiger partial charge in [-0.3, -0.25) is 0 Å². The zero-order chi connectivity index (χ0) is 10.8. The molecule has 0 amide bonds. The quantitative estimate of drug-likeness (QED) is 0.742. The molecule has 0 radical (unpaired) electrons. The highest BCUT2D eigenvalue weighted by molar-refractivity contribution is 5.65. The zero-order valence-corrected chi connectivity index (χ0v) is 9.20. The molecule has 0 atom stereocenters. The van der Waals surface area contributed by atoms with Gasteiger partial charge >= 0.3 is 0 Å². The van der Waals surface area contributed by atoms with E-state index < -0.39 is 0 Å². The second kappa shape index (κ2) is 3.81. The van der Waals surface area contributed by atoms with Crippen LogP contribution in [0.4, 0.5) is 0 Å². The predicted octanol–water partition coefficient (Wildman–Crippen LogP) is 3.57. The largest absolute Gasteiger partial charge is 0.496 e. The number of hydrogen-bond acceptors (Lipinski definition) is 2. The minimum absolute atomic E-state index is 0.901. The first-order valence-corrected chi connectivity index (χ1v) is 4.91. The molecule has 2 aromatic rings. The highest BCUT2D eigenvalue weighted by Gasteiger charge is 2.08. The van der Waals surface area contributed by atoms with E-state index in [1.54, 1.807) is 13.4 Å². The summed E-state index contributed by atoms with van der Waals surface area (Å²) in [5.41, 5.74) is 3.40. The van der Waals surface area contributed by atoms with Crippen LogP contribution in [0.5, 0.6) is 5.75 Å². The number of ether oxygens (including phenoxy) is 1. The Labute approximate surface area is 89.5 Å². The molecule has 0 aliphatic rings. The van der Waals surface area contributed by atoms with Gasteiger partial charge < -0.3 is 9.15 Å². The molecule has 0 unspecified atom stereocenters. The monoisotopic (exact) mass is 202 g/mol. The summed E-state index contributed by atoms with van der Waals surface area (Å²) >= 11 is 0. The van der Waals surface area contributed by atoms with Gasteiger partial charge in [0.25, 0.3) is 0 Å². The molecule has 78 valence electrons. The zero-order valence-electron chi connectivity index (χ0n) is 9.20. The average Bonchev–Trinajstić information content (AvgIpc) is 2.74. The number of rotatable bonds is 2. The molecule has 0 saturated carbocycles. The summed E-state index contributed by atoms with van der Waals surface area (Å²) < 4.78 is 10.7. The molecule has 0 aliphatic carbocycles. The van der Waals surface area contributed by atoms with E-state index in [1.807, 2.05) is 25.1 Å². The average molecular weight is 202 g/mol. The third-order valence-electron chi connectivity index (χ3n) is 2.53. The first-order valence-electron chi connectivity index (χ1n) is 4.91. The van der Waals surface area contributed by atoms with Crippen molar-refractivity contribution in [3.8, 4) is 17.1 Å². The van der Waals surface area contributed by atoms with Crippen molar-refractivity contribution in [3.05, 3.63) is 41.7 Å². The summed E-state index contributed by atoms with van der Waals surface area (Å²) in [6.07, 6.45) is 1.69. The molecule has 2 nitrogen and oxygen atoms in total. The Bertz CT molecular complexity index is 456. The Morgan fingerprint density at radius 2 is 1.93 bits per heavy atom. The highest BCUT2D eigenvalue weighted by atomic mass is 16.5. The molecular formula is C13H14O2. The van der Waals surface area contributed by atoms with E-state index in [1.165, 1.54) is 0 Å². The van der Waals surface area contributed by atoms with Gasteiger partial charge in [0.15, 0.2) is 0 Å². The number of aryl methyl sites for hydroxylation is 2. The van der Waals surface area contributed by atoms with Gasteiger partial charge in [-0.25, -0.2) is 0 Å². The van der Waals surface area contributed by atoms with E-state index in [9.17, 15) is 0 Å². The molecule has 0 saturated heterocycles. The Morgan fingerprint density at radius 3 is 2.53 bits per heavy atom. The van der Waals surface area contributed by atoms with Crippen LogP contribution in [-0.2, 0) is 0 Å². The highest BCUT2D eigenvalue weighted by Crippen LogP contribution is 2.30. The van der Waals surface area contributed by atoms with Crippen LogP contribution in [0.2, 0.25) is 0 Å². The van der Waals surface area contributed by atoms with Crippen molar-refractivity contribution >= 4 is 0 Å². The summed E-state index contributed by atoms with van der Waals surface area (Å²) in [7, 11) is 1.69. The summed E-state index contributed by atoms with van der Waals surface area (Å²) in [5.74, 6) is 1.82. The van der Waals surface area contributed by atoms with Gasteiger partial charge in [0.1, 0.15) is 11.5 Å². The second-order valence-corrected chi connectivity index (χ2v) is 3.61. The third-order valence-corrected chi connectivity index (χ3v) is 2.53. The first kappa shape index (κ1) is 9.84. The molecule has 0 aliphatic heterocycles. The van der Waals surface area contributed by atoms with Crippen molar-refractivity contribution in [1.29, 1.82) is 0 Å². The van der Waals surface area contributed by atoms with Crippen LogP contribution in [0.3, 0.4) is 0 Å². The fraction of sp³-hybridized carbons (Fsp3) is 0.231. The van der Waals surface area contributed by atoms with Crippen molar-refractivity contribution in [1.82, 2.24) is 0 Å². The Morgan fingerprint density at radius 1 is 1.13 bits per heavy atom. The SMILES string of the molecule is COc1cc(C)c(-c2ccco2)cc1C. The van der Waals surface area contributed by atoms with Crippen molar-refractivity contribution in [3.63, 3.8) is 0 Å². The van der Waals surface area contributed by atoms with E-state index in [0.29, 0.717) is 0 Å². The molecule has 1 aromatic heterocycles. The van der Waals surface area contributed by atoms with Crippen LogP contribution >= 0.6 is 0 Å². The molecule has 0 N–H and O–H groups in total. The van der Waals surface area contributed by atoms with Crippen LogP contribution in [0.1, 0.15) is 11.1 Å². The van der Waals surface area contributed by atoms with Gasteiger partial charge in [-0.05, 0) is 49.2 Å². The molecule has 1 heterocycles. The Balaban J connectivity index is 2.55. The van der Waals surface area contributed by atoms with E-state index in [4.69, 9.17) is 9.15 Å². The fourth-order valence-corrected chi connectivity index (χ4v) is 1.71. The van der Waals surface area contributed by atoms with Crippen molar-refractivity contribution in [2.75, 3.05) is 7.11 Å². The van der Waals surface area contributed by atoms with Gasteiger partial charge in [-0.2, -0.15) is 0 Å². The summed E-state index contributed by atoms with van der Waals surface area (Å²) in [6.45, 7) is 4.09. The molecule has 0 spiro atoms. The van der Waals surface area contributed by atoms with Crippen LogP contribution < -0.4 is 4.74 Å². The third kappa shape index (κ3) is 1.75. The van der Waals surface area contributed by atoms with Crippen molar-refractivity contribution < 1.29 is 9.15 Å². The lowest BCUT2D eigenvalue weighted by atomic mass is 10.0. The Hall–Kier alpha value is -1.70. The van der Waals surface area contributed by atoms with Gasteiger partial charge in [-0.1, -0.05) is 0 Å². The van der Waals surface area contributed by atoms with Crippen LogP contribution in [0, 0.1) is 13.8 Å². The standard InChI is InChI=1S/C13H14O2/c1-9-8-13(14-3)10(2)7-11(9)12-5-4-6-15-12/h4-8H,1-3H3. The minimum Gasteiger partial charge on any atom is -0.496 e. The van der Waals surface area contributed by atoms with Crippen LogP contribution in [0.25, 0.3) is 11.3 Å². The minimum atomic E-state index is 0.901. The predicted molar refractivity (Wildman–Crippen MR) is 60.2 cm³/mol. The topological polar surface area (TPSA) is 22.4 Å². The van der Waals surface area contributed by atoms with E-state index in [-0.39, 0.29) is 0 Å². The first-order chi connectivity index (χ1) is 7.22. The maximum atomic E-state index is 5.39. The number of hydrogen-bond donors (Lipinski definition) is 0. The molecule has 2 heteroatoms. The molecule has 15 heavy (non-hydrogen) atoms. The smallest absolute Gasteiger partial charge is 0.134 e. The van der Waals surface area contributed by atoms with Gasteiger partial charge in [0.2, 0.25) is 0 Å². The molecule has 1 aromatic carbocycles. The van der Waals surface area contributed by atoms with Gasteiger partial charge in [0.05, 0.1) is 13.4 Å². The van der Waals surface area contributed by atoms with Gasteiger partial charge in [-0.15, -0.1) is 0 Å². The molecule has 0 fully saturated rings. The van der Waals surface area contributed by atoms with Crippen molar-refractivity contribution in [2.45, 2.75) is 13.8 Å². The maximum Gasteiger partial charge on any atom is 0.134 e. The van der Waals surface area contributed by atoms with E-state index >= 15 is 0 Å². The summed E-state index contributed by atoms with van der Waals surface area (Å²) in [4.78, 5) is 0. The molecule has 0 bridgehead atoms. The fourth-order valence-electron chi connectivity index (χ4n) is 1.71. The number of benzene rings is 1. The lowest BCUT2D eigenvalue weighted by molar-refractivity contribution is 0.411. The second-order valence-electron chi connectivity index (χ2n) is 3.61. The summed E-state index contributed by atoms with van der Waals surface area (Å²) in [6, 6.07) is 7.99. The number of furan rings is 1. The van der Waals surface area contributed by atoms with Crippen molar-refractivity contribution in [2.24, 2.45) is 0 Å². The van der Waals surface area contributed by atoms with Gasteiger partial charge in [0, 0.05) is 5.56 Å². The number of methoxy groups -OCH3 is 1. The Kier molecular flexibility index (Phi) is 2.50. The van der Waals surface area contributed by atoms with Crippen LogP contribution in [0.15, 0.2) is 34.9 Å². The molecule has 2 rings (SSSR count). The lowest BCUT2D eigenvalue weighted by Gasteiger charge is -2.09. The summed E-state index contributed by atoms with van der Waals surface area (Å²) in [5, 5.41) is 0. The van der Waals surface area contributed by atoms with E-state index in [0.717, 1.165) is 28.2 Å².